The first-order chi connectivity index (χ1) is 13.4. The molecule has 0 unspecified atom stereocenters. The molecule has 2 aromatic carbocycles. The number of hydrogen-bond acceptors (Lipinski definition) is 6. The SMILES string of the molecule is Cc1cc(OC(CCCc2ccccc2)=NOS)cc2c1NC(=O)OC2(C)C. The van der Waals surface area contributed by atoms with E-state index < -0.39 is 11.7 Å². The van der Waals surface area contributed by atoms with Crippen LogP contribution in [0.5, 0.6) is 5.75 Å². The maximum Gasteiger partial charge on any atom is 0.412 e. The van der Waals surface area contributed by atoms with Gasteiger partial charge in [-0.1, -0.05) is 30.3 Å². The molecule has 0 saturated carbocycles. The maximum absolute atomic E-state index is 11.8. The molecule has 0 atom stereocenters. The van der Waals surface area contributed by atoms with Gasteiger partial charge in [-0.2, -0.15) is 0 Å². The third kappa shape index (κ3) is 4.78. The third-order valence-corrected chi connectivity index (χ3v) is 4.69. The summed E-state index contributed by atoms with van der Waals surface area (Å²) in [4.78, 5) is 11.8. The molecule has 1 heterocycles. The highest BCUT2D eigenvalue weighted by Crippen LogP contribution is 2.40. The fourth-order valence-corrected chi connectivity index (χ4v) is 3.34. The van der Waals surface area contributed by atoms with Crippen LogP contribution in [-0.4, -0.2) is 12.0 Å². The van der Waals surface area contributed by atoms with Crippen molar-refractivity contribution in [3.05, 3.63) is 59.2 Å². The molecule has 0 aliphatic carbocycles. The molecule has 0 radical (unpaired) electrons. The number of hydrogen-bond donors (Lipinski definition) is 2. The van der Waals surface area contributed by atoms with Crippen LogP contribution in [0.3, 0.4) is 0 Å². The van der Waals surface area contributed by atoms with Crippen molar-refractivity contribution in [3.63, 3.8) is 0 Å². The fourth-order valence-electron chi connectivity index (χ4n) is 3.25. The van der Waals surface area contributed by atoms with Crippen molar-refractivity contribution in [1.29, 1.82) is 0 Å². The van der Waals surface area contributed by atoms with E-state index in [4.69, 9.17) is 9.47 Å². The van der Waals surface area contributed by atoms with Gasteiger partial charge < -0.3 is 13.8 Å². The van der Waals surface area contributed by atoms with E-state index in [9.17, 15) is 4.79 Å². The molecule has 6 nitrogen and oxygen atoms in total. The van der Waals surface area contributed by atoms with Crippen LogP contribution in [0.15, 0.2) is 47.6 Å². The largest absolute Gasteiger partial charge is 0.440 e. The van der Waals surface area contributed by atoms with Gasteiger partial charge in [-0.05, 0) is 62.0 Å². The van der Waals surface area contributed by atoms with Crippen molar-refractivity contribution in [1.82, 2.24) is 0 Å². The van der Waals surface area contributed by atoms with Crippen molar-refractivity contribution in [3.8, 4) is 5.75 Å². The third-order valence-electron chi connectivity index (χ3n) is 4.61. The summed E-state index contributed by atoms with van der Waals surface area (Å²) < 4.78 is 16.0. The minimum Gasteiger partial charge on any atom is -0.440 e. The van der Waals surface area contributed by atoms with Crippen molar-refractivity contribution in [2.75, 3.05) is 5.32 Å². The quantitative estimate of drug-likeness (QED) is 0.225. The van der Waals surface area contributed by atoms with Crippen LogP contribution in [-0.2, 0) is 21.0 Å². The van der Waals surface area contributed by atoms with Gasteiger partial charge in [0.25, 0.3) is 0 Å². The average Bonchev–Trinajstić information content (AvgIpc) is 2.63. The van der Waals surface area contributed by atoms with E-state index >= 15 is 0 Å². The zero-order valence-electron chi connectivity index (χ0n) is 16.2. The van der Waals surface area contributed by atoms with Gasteiger partial charge in [0.2, 0.25) is 5.90 Å². The standard InChI is InChI=1S/C21H24N2O4S/c1-14-12-16(13-17-19(14)22-20(24)26-21(17,2)3)25-18(23-27-28)11-7-10-15-8-5-4-6-9-15/h4-6,8-9,12-13,28H,7,10-11H2,1-3H3,(H,22,24). The lowest BCUT2D eigenvalue weighted by atomic mass is 9.92. The Morgan fingerprint density at radius 2 is 2.00 bits per heavy atom. The molecular formula is C21H24N2O4S. The number of thiol groups is 1. The van der Waals surface area contributed by atoms with Crippen LogP contribution in [0.25, 0.3) is 0 Å². The molecular weight excluding hydrogens is 376 g/mol. The Labute approximate surface area is 170 Å². The topological polar surface area (TPSA) is 69.2 Å². The van der Waals surface area contributed by atoms with Crippen LogP contribution in [0.4, 0.5) is 10.5 Å². The van der Waals surface area contributed by atoms with Gasteiger partial charge in [0.05, 0.1) is 18.6 Å². The monoisotopic (exact) mass is 400 g/mol. The van der Waals surface area contributed by atoms with Crippen molar-refractivity contribution >= 4 is 30.6 Å². The lowest BCUT2D eigenvalue weighted by molar-refractivity contribution is 0.0418. The molecule has 148 valence electrons. The van der Waals surface area contributed by atoms with Crippen molar-refractivity contribution in [2.45, 2.75) is 45.6 Å². The van der Waals surface area contributed by atoms with Gasteiger partial charge in [0.15, 0.2) is 0 Å². The first-order valence-electron chi connectivity index (χ1n) is 9.13. The Morgan fingerprint density at radius 1 is 1.25 bits per heavy atom. The number of ether oxygens (including phenoxy) is 2. The highest BCUT2D eigenvalue weighted by atomic mass is 32.1. The number of fused-ring (bicyclic) bond motifs is 1. The van der Waals surface area contributed by atoms with Gasteiger partial charge in [0.1, 0.15) is 11.4 Å². The minimum atomic E-state index is -0.757. The maximum atomic E-state index is 11.8. The number of carbonyl (C=O) groups is 1. The van der Waals surface area contributed by atoms with E-state index in [2.05, 4.69) is 39.8 Å². The Bertz CT molecular complexity index is 881. The summed E-state index contributed by atoms with van der Waals surface area (Å²) in [6.45, 7) is 5.60. The lowest BCUT2D eigenvalue weighted by Gasteiger charge is -2.33. The van der Waals surface area contributed by atoms with Crippen LogP contribution in [0.1, 0.15) is 43.4 Å². The first-order valence-corrected chi connectivity index (χ1v) is 9.50. The summed E-state index contributed by atoms with van der Waals surface area (Å²) in [6.07, 6.45) is 1.91. The molecule has 2 aromatic rings. The summed E-state index contributed by atoms with van der Waals surface area (Å²) in [5.41, 5.74) is 2.98. The first kappa shape index (κ1) is 20.1. The predicted molar refractivity (Wildman–Crippen MR) is 112 cm³/mol. The Balaban J connectivity index is 1.74. The number of nitrogens with one attached hydrogen (secondary N) is 1. The predicted octanol–water partition coefficient (Wildman–Crippen LogP) is 5.37. The number of aryl methyl sites for hydroxylation is 2. The van der Waals surface area contributed by atoms with Gasteiger partial charge in [0, 0.05) is 12.0 Å². The molecule has 3 rings (SSSR count). The summed E-state index contributed by atoms with van der Waals surface area (Å²) in [7, 11) is 0. The summed E-state index contributed by atoms with van der Waals surface area (Å²) in [5, 5.41) is 6.66. The van der Waals surface area contributed by atoms with E-state index in [1.54, 1.807) is 0 Å². The van der Waals surface area contributed by atoms with Crippen LogP contribution < -0.4 is 10.1 Å². The van der Waals surface area contributed by atoms with Gasteiger partial charge in [-0.3, -0.25) is 5.32 Å². The molecule has 0 spiro atoms. The molecule has 1 aliphatic rings. The van der Waals surface area contributed by atoms with Gasteiger partial charge >= 0.3 is 6.09 Å². The number of benzene rings is 2. The van der Waals surface area contributed by atoms with E-state index in [0.29, 0.717) is 18.1 Å². The lowest BCUT2D eigenvalue weighted by Crippen LogP contribution is -2.35. The molecule has 1 N–H and O–H groups in total. The van der Waals surface area contributed by atoms with E-state index in [1.165, 1.54) is 5.56 Å². The minimum absolute atomic E-state index is 0.434. The summed E-state index contributed by atoms with van der Waals surface area (Å²) in [5.74, 6) is 1.04. The molecule has 0 fully saturated rings. The van der Waals surface area contributed by atoms with Crippen LogP contribution in [0, 0.1) is 6.92 Å². The van der Waals surface area contributed by atoms with E-state index in [1.807, 2.05) is 51.1 Å². The number of nitrogens with zero attached hydrogens (tertiary/aromatic N) is 1. The molecule has 28 heavy (non-hydrogen) atoms. The molecule has 0 saturated heterocycles. The van der Waals surface area contributed by atoms with E-state index in [0.717, 1.165) is 29.7 Å². The Morgan fingerprint density at radius 3 is 2.71 bits per heavy atom. The Kier molecular flexibility index (Phi) is 6.14. The Hall–Kier alpha value is -2.67. The van der Waals surface area contributed by atoms with Gasteiger partial charge in [-0.15, -0.1) is 0 Å². The number of oxime groups is 1. The molecule has 0 bridgehead atoms. The second-order valence-corrected chi connectivity index (χ2v) is 7.36. The van der Waals surface area contributed by atoms with Gasteiger partial charge in [-0.25, -0.2) is 4.79 Å². The summed E-state index contributed by atoms with van der Waals surface area (Å²) >= 11 is 3.72. The second-order valence-electron chi connectivity index (χ2n) is 7.20. The van der Waals surface area contributed by atoms with Crippen molar-refractivity contribution < 1.29 is 18.6 Å². The summed E-state index contributed by atoms with van der Waals surface area (Å²) in [6, 6.07) is 13.9. The molecule has 0 aromatic heterocycles. The highest BCUT2D eigenvalue weighted by Gasteiger charge is 2.34. The average molecular weight is 401 g/mol. The second kappa shape index (κ2) is 8.56. The van der Waals surface area contributed by atoms with E-state index in [-0.39, 0.29) is 0 Å². The smallest absolute Gasteiger partial charge is 0.412 e. The van der Waals surface area contributed by atoms with Crippen molar-refractivity contribution in [2.24, 2.45) is 5.16 Å². The fraction of sp³-hybridized carbons (Fsp3) is 0.333. The zero-order chi connectivity index (χ0) is 20.1. The van der Waals surface area contributed by atoms with Crippen LogP contribution in [0.2, 0.25) is 0 Å². The number of carbonyl (C=O) groups excluding carboxylic acids is 1. The number of cyclic esters (lactones) is 1. The highest BCUT2D eigenvalue weighted by molar-refractivity contribution is 7.75. The number of anilines is 1. The number of amides is 1. The van der Waals surface area contributed by atoms with Crippen LogP contribution >= 0.6 is 12.9 Å². The molecule has 7 heteroatoms. The number of rotatable bonds is 6. The molecule has 1 amide bonds. The zero-order valence-corrected chi connectivity index (χ0v) is 17.1. The molecule has 1 aliphatic heterocycles. The normalized spacial score (nSPS) is 15.3.